The SMILES string of the molecule is CCC.c1ccc(-c2ccc(-c3cc(-c4ccccc4)cc(-n4c5ccccc5c5cccc(-c6cccc7c6oc6ccc8ccccc8c67)c54)c3)cc2)cc1. The van der Waals surface area contributed by atoms with Crippen LogP contribution < -0.4 is 0 Å². The topological polar surface area (TPSA) is 18.1 Å². The molecule has 0 aliphatic rings. The molecule has 2 nitrogen and oxygen atoms in total. The number of nitrogens with zero attached hydrogens (tertiary/aromatic N) is 1. The molecule has 0 aliphatic heterocycles. The second kappa shape index (κ2) is 14.5. The van der Waals surface area contributed by atoms with Gasteiger partial charge in [-0.15, -0.1) is 0 Å². The summed E-state index contributed by atoms with van der Waals surface area (Å²) in [7, 11) is 0. The molecular weight excluding hydrogens is 691 g/mol. The average Bonchev–Trinajstić information content (AvgIpc) is 3.84. The van der Waals surface area contributed by atoms with Crippen LogP contribution in [0.15, 0.2) is 205 Å². The van der Waals surface area contributed by atoms with Gasteiger partial charge in [0.15, 0.2) is 0 Å². The molecule has 0 amide bonds. The molecule has 2 heteroatoms. The average molecular weight is 732 g/mol. The van der Waals surface area contributed by atoms with Gasteiger partial charge in [-0.05, 0) is 74.5 Å². The van der Waals surface area contributed by atoms with E-state index in [0.29, 0.717) is 0 Å². The summed E-state index contributed by atoms with van der Waals surface area (Å²) in [4.78, 5) is 0. The van der Waals surface area contributed by atoms with Crippen molar-refractivity contribution >= 4 is 54.5 Å². The highest BCUT2D eigenvalue weighted by Crippen LogP contribution is 2.44. The molecule has 0 fully saturated rings. The first-order valence-corrected chi connectivity index (χ1v) is 19.9. The van der Waals surface area contributed by atoms with Crippen LogP contribution in [0, 0.1) is 0 Å². The van der Waals surface area contributed by atoms with E-state index in [1.54, 1.807) is 0 Å². The van der Waals surface area contributed by atoms with Gasteiger partial charge in [-0.25, -0.2) is 0 Å². The zero-order valence-corrected chi connectivity index (χ0v) is 32.1. The Morgan fingerprint density at radius 1 is 0.404 bits per heavy atom. The number of hydrogen-bond acceptors (Lipinski definition) is 1. The van der Waals surface area contributed by atoms with Crippen molar-refractivity contribution < 1.29 is 4.42 Å². The van der Waals surface area contributed by atoms with Crippen LogP contribution in [0.3, 0.4) is 0 Å². The van der Waals surface area contributed by atoms with Crippen molar-refractivity contribution in [3.8, 4) is 50.2 Å². The van der Waals surface area contributed by atoms with Crippen LogP contribution in [0.5, 0.6) is 0 Å². The maximum atomic E-state index is 6.80. The predicted molar refractivity (Wildman–Crippen MR) is 243 cm³/mol. The first-order chi connectivity index (χ1) is 28.2. The molecular formula is C55H41NO. The maximum Gasteiger partial charge on any atom is 0.143 e. The molecule has 0 aliphatic carbocycles. The zero-order valence-electron chi connectivity index (χ0n) is 32.1. The normalized spacial score (nSPS) is 11.4. The molecule has 0 saturated carbocycles. The summed E-state index contributed by atoms with van der Waals surface area (Å²) in [5.74, 6) is 0. The minimum Gasteiger partial charge on any atom is -0.455 e. The van der Waals surface area contributed by atoms with E-state index < -0.39 is 0 Å². The van der Waals surface area contributed by atoms with Gasteiger partial charge in [-0.3, -0.25) is 0 Å². The van der Waals surface area contributed by atoms with E-state index in [0.717, 1.165) is 44.3 Å². The highest BCUT2D eigenvalue weighted by atomic mass is 16.3. The molecule has 11 aromatic rings. The number of aromatic nitrogens is 1. The lowest BCUT2D eigenvalue weighted by molar-refractivity contribution is 0.670. The summed E-state index contributed by atoms with van der Waals surface area (Å²) in [6.07, 6.45) is 1.25. The Hall–Kier alpha value is -7.16. The lowest BCUT2D eigenvalue weighted by atomic mass is 9.96. The first kappa shape index (κ1) is 34.3. The fourth-order valence-corrected chi connectivity index (χ4v) is 8.47. The summed E-state index contributed by atoms with van der Waals surface area (Å²) < 4.78 is 9.26. The quantitative estimate of drug-likeness (QED) is 0.172. The third-order valence-electron chi connectivity index (χ3n) is 11.0. The molecule has 57 heavy (non-hydrogen) atoms. The van der Waals surface area contributed by atoms with Crippen LogP contribution in [0.2, 0.25) is 0 Å². The van der Waals surface area contributed by atoms with Gasteiger partial charge in [-0.1, -0.05) is 190 Å². The Morgan fingerprint density at radius 3 is 1.63 bits per heavy atom. The summed E-state index contributed by atoms with van der Waals surface area (Å²) >= 11 is 0. The molecule has 0 spiro atoms. The smallest absolute Gasteiger partial charge is 0.143 e. The molecule has 0 radical (unpaired) electrons. The highest BCUT2D eigenvalue weighted by Gasteiger charge is 2.21. The van der Waals surface area contributed by atoms with E-state index in [1.807, 2.05) is 0 Å². The van der Waals surface area contributed by atoms with E-state index >= 15 is 0 Å². The number of furan rings is 1. The Bertz CT molecular complexity index is 3200. The largest absolute Gasteiger partial charge is 0.455 e. The third-order valence-corrected chi connectivity index (χ3v) is 11.0. The van der Waals surface area contributed by atoms with Crippen LogP contribution >= 0.6 is 0 Å². The Balaban J connectivity index is 0.00000128. The molecule has 0 bridgehead atoms. The minimum absolute atomic E-state index is 0.905. The van der Waals surface area contributed by atoms with Crippen molar-refractivity contribution in [1.82, 2.24) is 4.57 Å². The molecule has 0 unspecified atom stereocenters. The second-order valence-electron chi connectivity index (χ2n) is 14.8. The highest BCUT2D eigenvalue weighted by molar-refractivity contribution is 6.22. The van der Waals surface area contributed by atoms with Crippen molar-refractivity contribution in [3.63, 3.8) is 0 Å². The standard InChI is InChI=1S/C52H33NO.C3H8/c1-3-13-34(14-4-1)36-25-27-37(28-26-36)40-31-39(35-15-5-2-6-16-35)32-41(33-40)53-48-24-10-9-19-43(48)44-20-11-21-45(51(44)53)46-22-12-23-47-50-42-18-8-7-17-38(42)29-30-49(50)54-52(46)47;1-3-2/h1-33H;3H2,1-2H3. The number of hydrogen-bond donors (Lipinski definition) is 0. The van der Waals surface area contributed by atoms with Gasteiger partial charge in [0.1, 0.15) is 11.2 Å². The van der Waals surface area contributed by atoms with Crippen LogP contribution in [0.1, 0.15) is 20.3 Å². The summed E-state index contributed by atoms with van der Waals surface area (Å²) in [6.45, 7) is 4.25. The van der Waals surface area contributed by atoms with E-state index in [2.05, 4.69) is 219 Å². The molecule has 0 N–H and O–H groups in total. The van der Waals surface area contributed by atoms with E-state index in [9.17, 15) is 0 Å². The summed E-state index contributed by atoms with van der Waals surface area (Å²) in [5.41, 5.74) is 14.6. The number of rotatable bonds is 5. The van der Waals surface area contributed by atoms with E-state index in [-0.39, 0.29) is 0 Å². The summed E-state index contributed by atoms with van der Waals surface area (Å²) in [6, 6.07) is 72.2. The lowest BCUT2D eigenvalue weighted by Crippen LogP contribution is -1.97. The fraction of sp³-hybridized carbons (Fsp3) is 0.0545. The number of para-hydroxylation sites is 3. The van der Waals surface area contributed by atoms with E-state index in [4.69, 9.17) is 4.42 Å². The van der Waals surface area contributed by atoms with Crippen molar-refractivity contribution in [2.24, 2.45) is 0 Å². The van der Waals surface area contributed by atoms with Crippen molar-refractivity contribution in [2.45, 2.75) is 20.3 Å². The van der Waals surface area contributed by atoms with Gasteiger partial charge < -0.3 is 8.98 Å². The van der Waals surface area contributed by atoms with Crippen LogP contribution in [0.25, 0.3) is 105 Å². The number of benzene rings is 9. The number of fused-ring (bicyclic) bond motifs is 8. The Kier molecular flexibility index (Phi) is 8.73. The van der Waals surface area contributed by atoms with Gasteiger partial charge in [0.25, 0.3) is 0 Å². The van der Waals surface area contributed by atoms with Gasteiger partial charge in [0.2, 0.25) is 0 Å². The monoisotopic (exact) mass is 731 g/mol. The van der Waals surface area contributed by atoms with Gasteiger partial charge in [0.05, 0.1) is 11.0 Å². The minimum atomic E-state index is 0.905. The van der Waals surface area contributed by atoms with Gasteiger partial charge >= 0.3 is 0 Å². The Labute approximate surface area is 332 Å². The predicted octanol–water partition coefficient (Wildman–Crippen LogP) is 15.9. The van der Waals surface area contributed by atoms with Gasteiger partial charge in [-0.2, -0.15) is 0 Å². The Morgan fingerprint density at radius 2 is 0.930 bits per heavy atom. The maximum absolute atomic E-state index is 6.80. The van der Waals surface area contributed by atoms with Crippen LogP contribution in [-0.4, -0.2) is 4.57 Å². The first-order valence-electron chi connectivity index (χ1n) is 19.9. The summed E-state index contributed by atoms with van der Waals surface area (Å²) in [5, 5.41) is 7.14. The molecule has 2 heterocycles. The third kappa shape index (κ3) is 5.98. The second-order valence-corrected chi connectivity index (χ2v) is 14.8. The van der Waals surface area contributed by atoms with Crippen molar-refractivity contribution in [1.29, 1.82) is 0 Å². The van der Waals surface area contributed by atoms with Crippen molar-refractivity contribution in [2.75, 3.05) is 0 Å². The molecule has 0 atom stereocenters. The fourth-order valence-electron chi connectivity index (χ4n) is 8.47. The molecule has 11 rings (SSSR count). The zero-order chi connectivity index (χ0) is 38.3. The van der Waals surface area contributed by atoms with Crippen LogP contribution in [0.4, 0.5) is 0 Å². The molecule has 2 aromatic heterocycles. The lowest BCUT2D eigenvalue weighted by Gasteiger charge is -2.16. The molecule has 9 aromatic carbocycles. The van der Waals surface area contributed by atoms with Crippen molar-refractivity contribution in [3.05, 3.63) is 200 Å². The van der Waals surface area contributed by atoms with Crippen LogP contribution in [-0.2, 0) is 0 Å². The molecule has 0 saturated heterocycles. The molecule has 272 valence electrons. The van der Waals surface area contributed by atoms with Gasteiger partial charge in [0, 0.05) is 38.4 Å². The van der Waals surface area contributed by atoms with E-state index in [1.165, 1.54) is 66.9 Å².